The van der Waals surface area contributed by atoms with E-state index in [0.717, 1.165) is 38.6 Å². The molecule has 1 saturated heterocycles. The van der Waals surface area contributed by atoms with Gasteiger partial charge >= 0.3 is 0 Å². The monoisotopic (exact) mass is 226 g/mol. The second-order valence-corrected chi connectivity index (χ2v) is 5.45. The van der Waals surface area contributed by atoms with Crippen molar-refractivity contribution in [1.29, 1.82) is 0 Å². The molecule has 94 valence electrons. The molecule has 2 rings (SSSR count). The van der Waals surface area contributed by atoms with E-state index in [-0.39, 0.29) is 5.54 Å². The zero-order valence-corrected chi connectivity index (χ0v) is 10.7. The first-order valence-electron chi connectivity index (χ1n) is 6.79. The van der Waals surface area contributed by atoms with Crippen LogP contribution in [0, 0.1) is 5.92 Å². The Hall–Kier alpha value is -0.120. The highest BCUT2D eigenvalue weighted by Gasteiger charge is 2.45. The van der Waals surface area contributed by atoms with Crippen LogP contribution in [0.1, 0.15) is 39.5 Å². The summed E-state index contributed by atoms with van der Waals surface area (Å²) in [6, 6.07) is 0. The third-order valence-corrected chi connectivity index (χ3v) is 4.74. The van der Waals surface area contributed by atoms with Crippen molar-refractivity contribution in [1.82, 2.24) is 4.90 Å². The minimum Gasteiger partial charge on any atom is -0.376 e. The molecule has 3 unspecified atom stereocenters. The van der Waals surface area contributed by atoms with Crippen LogP contribution in [-0.4, -0.2) is 42.8 Å². The van der Waals surface area contributed by atoms with Gasteiger partial charge in [-0.05, 0) is 25.2 Å². The van der Waals surface area contributed by atoms with Crippen LogP contribution >= 0.6 is 0 Å². The van der Waals surface area contributed by atoms with E-state index in [0.29, 0.717) is 6.10 Å². The Labute approximate surface area is 99.3 Å². The van der Waals surface area contributed by atoms with Gasteiger partial charge in [-0.3, -0.25) is 4.90 Å². The molecule has 16 heavy (non-hydrogen) atoms. The predicted octanol–water partition coefficient (Wildman–Crippen LogP) is 1.61. The van der Waals surface area contributed by atoms with E-state index in [1.54, 1.807) is 0 Å². The van der Waals surface area contributed by atoms with E-state index in [4.69, 9.17) is 10.5 Å². The average molecular weight is 226 g/mol. The molecule has 0 radical (unpaired) electrons. The number of hydrogen-bond donors (Lipinski definition) is 1. The van der Waals surface area contributed by atoms with E-state index >= 15 is 0 Å². The Morgan fingerprint density at radius 3 is 2.88 bits per heavy atom. The van der Waals surface area contributed by atoms with Crippen molar-refractivity contribution in [2.75, 3.05) is 26.2 Å². The highest BCUT2D eigenvalue weighted by atomic mass is 16.5. The van der Waals surface area contributed by atoms with Crippen LogP contribution in [-0.2, 0) is 4.74 Å². The third kappa shape index (κ3) is 2.01. The highest BCUT2D eigenvalue weighted by Crippen LogP contribution is 2.40. The molecule has 1 aliphatic heterocycles. The normalized spacial score (nSPS) is 41.4. The maximum Gasteiger partial charge on any atom is 0.0700 e. The fourth-order valence-corrected chi connectivity index (χ4v) is 3.50. The summed E-state index contributed by atoms with van der Waals surface area (Å²) in [5.74, 6) is 0.744. The molecular weight excluding hydrogens is 200 g/mol. The first kappa shape index (κ1) is 12.3. The van der Waals surface area contributed by atoms with Crippen LogP contribution in [0.5, 0.6) is 0 Å². The van der Waals surface area contributed by atoms with E-state index in [1.165, 1.54) is 19.3 Å². The molecule has 3 nitrogen and oxygen atoms in total. The molecule has 0 spiro atoms. The molecule has 0 aromatic carbocycles. The van der Waals surface area contributed by atoms with Gasteiger partial charge in [-0.15, -0.1) is 0 Å². The molecule has 0 aromatic heterocycles. The van der Waals surface area contributed by atoms with Crippen LogP contribution in [0.2, 0.25) is 0 Å². The molecule has 2 fully saturated rings. The smallest absolute Gasteiger partial charge is 0.0700 e. The number of nitrogens with two attached hydrogens (primary N) is 1. The zero-order chi connectivity index (χ0) is 11.6. The lowest BCUT2D eigenvalue weighted by Crippen LogP contribution is -2.60. The van der Waals surface area contributed by atoms with Crippen LogP contribution < -0.4 is 5.73 Å². The standard InChI is InChI=1S/C13H26N2O/c1-3-12-9-15(7-8-16-12)13(10-14)6-4-5-11(13)2/h11-12H,3-10,14H2,1-2H3. The van der Waals surface area contributed by atoms with Gasteiger partial charge in [0.15, 0.2) is 0 Å². The predicted molar refractivity (Wildman–Crippen MR) is 66.4 cm³/mol. The van der Waals surface area contributed by atoms with Crippen molar-refractivity contribution in [3.8, 4) is 0 Å². The number of nitrogens with zero attached hydrogens (tertiary/aromatic N) is 1. The fraction of sp³-hybridized carbons (Fsp3) is 1.00. The zero-order valence-electron chi connectivity index (χ0n) is 10.7. The molecule has 1 heterocycles. The van der Waals surface area contributed by atoms with E-state index in [1.807, 2.05) is 0 Å². The molecule has 3 atom stereocenters. The minimum atomic E-state index is 0.275. The molecule has 3 heteroatoms. The Kier molecular flexibility index (Phi) is 3.88. The van der Waals surface area contributed by atoms with Crippen LogP contribution in [0.15, 0.2) is 0 Å². The van der Waals surface area contributed by atoms with Gasteiger partial charge in [-0.1, -0.05) is 20.3 Å². The number of hydrogen-bond acceptors (Lipinski definition) is 3. The summed E-state index contributed by atoms with van der Waals surface area (Å²) in [5, 5.41) is 0. The molecule has 1 saturated carbocycles. The number of rotatable bonds is 3. The van der Waals surface area contributed by atoms with E-state index in [2.05, 4.69) is 18.7 Å². The highest BCUT2D eigenvalue weighted by molar-refractivity contribution is 5.01. The first-order valence-corrected chi connectivity index (χ1v) is 6.79. The van der Waals surface area contributed by atoms with Gasteiger partial charge in [0.05, 0.1) is 12.7 Å². The average Bonchev–Trinajstić information content (AvgIpc) is 2.71. The Balaban J connectivity index is 2.08. The van der Waals surface area contributed by atoms with Crippen molar-refractivity contribution in [3.05, 3.63) is 0 Å². The Morgan fingerprint density at radius 1 is 1.50 bits per heavy atom. The maximum absolute atomic E-state index is 6.09. The van der Waals surface area contributed by atoms with Gasteiger partial charge < -0.3 is 10.5 Å². The summed E-state index contributed by atoms with van der Waals surface area (Å²) in [4.78, 5) is 2.63. The van der Waals surface area contributed by atoms with Gasteiger partial charge in [0.1, 0.15) is 0 Å². The second kappa shape index (κ2) is 5.03. The molecule has 0 aromatic rings. The number of morpholine rings is 1. The fourth-order valence-electron chi connectivity index (χ4n) is 3.50. The van der Waals surface area contributed by atoms with E-state index < -0.39 is 0 Å². The lowest BCUT2D eigenvalue weighted by molar-refractivity contribution is -0.0772. The van der Waals surface area contributed by atoms with Crippen molar-refractivity contribution >= 4 is 0 Å². The maximum atomic E-state index is 6.09. The summed E-state index contributed by atoms with van der Waals surface area (Å²) in [5.41, 5.74) is 6.37. The van der Waals surface area contributed by atoms with Gasteiger partial charge in [-0.2, -0.15) is 0 Å². The molecule has 2 aliphatic rings. The minimum absolute atomic E-state index is 0.275. The van der Waals surface area contributed by atoms with Crippen molar-refractivity contribution in [2.45, 2.75) is 51.2 Å². The Morgan fingerprint density at radius 2 is 2.31 bits per heavy atom. The van der Waals surface area contributed by atoms with Crippen molar-refractivity contribution in [2.24, 2.45) is 11.7 Å². The van der Waals surface area contributed by atoms with Gasteiger partial charge in [0.25, 0.3) is 0 Å². The van der Waals surface area contributed by atoms with Gasteiger partial charge in [0.2, 0.25) is 0 Å². The van der Waals surface area contributed by atoms with Crippen LogP contribution in [0.25, 0.3) is 0 Å². The van der Waals surface area contributed by atoms with Gasteiger partial charge in [-0.25, -0.2) is 0 Å². The topological polar surface area (TPSA) is 38.5 Å². The SMILES string of the molecule is CCC1CN(C2(CN)CCCC2C)CCO1. The molecular formula is C13H26N2O. The molecule has 1 aliphatic carbocycles. The lowest BCUT2D eigenvalue weighted by Gasteiger charge is -2.47. The van der Waals surface area contributed by atoms with Crippen molar-refractivity contribution < 1.29 is 4.74 Å². The van der Waals surface area contributed by atoms with Gasteiger partial charge in [0, 0.05) is 25.2 Å². The summed E-state index contributed by atoms with van der Waals surface area (Å²) in [6.45, 7) is 8.42. The number of ether oxygens (including phenoxy) is 1. The van der Waals surface area contributed by atoms with Crippen molar-refractivity contribution in [3.63, 3.8) is 0 Å². The summed E-state index contributed by atoms with van der Waals surface area (Å²) in [6.07, 6.45) is 5.50. The Bertz CT molecular complexity index is 234. The summed E-state index contributed by atoms with van der Waals surface area (Å²) in [7, 11) is 0. The summed E-state index contributed by atoms with van der Waals surface area (Å²) >= 11 is 0. The lowest BCUT2D eigenvalue weighted by atomic mass is 9.85. The molecule has 2 N–H and O–H groups in total. The van der Waals surface area contributed by atoms with Crippen LogP contribution in [0.4, 0.5) is 0 Å². The van der Waals surface area contributed by atoms with E-state index in [9.17, 15) is 0 Å². The van der Waals surface area contributed by atoms with Crippen LogP contribution in [0.3, 0.4) is 0 Å². The summed E-state index contributed by atoms with van der Waals surface area (Å²) < 4.78 is 5.76. The first-order chi connectivity index (χ1) is 7.73. The second-order valence-electron chi connectivity index (χ2n) is 5.45. The third-order valence-electron chi connectivity index (χ3n) is 4.74. The quantitative estimate of drug-likeness (QED) is 0.794. The largest absolute Gasteiger partial charge is 0.376 e. The molecule has 0 bridgehead atoms. The molecule has 0 amide bonds.